The van der Waals surface area contributed by atoms with E-state index in [1.54, 1.807) is 0 Å². The summed E-state index contributed by atoms with van der Waals surface area (Å²) in [6.07, 6.45) is 6.09. The van der Waals surface area contributed by atoms with Crippen LogP contribution in [0.25, 0.3) is 10.9 Å². The number of aromatic nitrogens is 2. The highest BCUT2D eigenvalue weighted by Crippen LogP contribution is 2.25. The predicted molar refractivity (Wildman–Crippen MR) is 104 cm³/mol. The van der Waals surface area contributed by atoms with Gasteiger partial charge in [-0.2, -0.15) is 0 Å². The third-order valence-corrected chi connectivity index (χ3v) is 3.84. The summed E-state index contributed by atoms with van der Waals surface area (Å²) in [6, 6.07) is 14.5. The van der Waals surface area contributed by atoms with Gasteiger partial charge in [0.15, 0.2) is 0 Å². The Kier molecular flexibility index (Phi) is 6.71. The number of carboxylic acid groups (broad SMARTS) is 2. The minimum atomic E-state index is -1.26. The molecule has 7 heteroatoms. The first kappa shape index (κ1) is 19.7. The molecule has 2 N–H and O–H groups in total. The Hall–Kier alpha value is -3.61. The van der Waals surface area contributed by atoms with Crippen LogP contribution in [0.1, 0.15) is 12.6 Å². The van der Waals surface area contributed by atoms with Gasteiger partial charge < -0.3 is 10.2 Å². The monoisotopic (exact) mass is 367 g/mol. The van der Waals surface area contributed by atoms with E-state index < -0.39 is 11.9 Å². The van der Waals surface area contributed by atoms with E-state index in [9.17, 15) is 9.59 Å². The van der Waals surface area contributed by atoms with Gasteiger partial charge in [0, 0.05) is 42.7 Å². The van der Waals surface area contributed by atoms with Crippen LogP contribution in [-0.2, 0) is 16.0 Å². The lowest BCUT2D eigenvalue weighted by Crippen LogP contribution is -2.25. The molecular formula is C20H21N3O4. The number of pyridine rings is 1. The second-order valence-electron chi connectivity index (χ2n) is 5.58. The molecule has 140 valence electrons. The number of benzene rings is 1. The summed E-state index contributed by atoms with van der Waals surface area (Å²) >= 11 is 0. The molecule has 3 aromatic rings. The summed E-state index contributed by atoms with van der Waals surface area (Å²) in [7, 11) is 2.08. The quantitative estimate of drug-likeness (QED) is 0.672. The van der Waals surface area contributed by atoms with Gasteiger partial charge in [-0.05, 0) is 30.7 Å². The molecule has 0 aliphatic rings. The molecule has 0 atom stereocenters. The molecule has 1 aromatic carbocycles. The van der Waals surface area contributed by atoms with E-state index in [1.165, 1.54) is 11.1 Å². The molecule has 2 heterocycles. The van der Waals surface area contributed by atoms with Gasteiger partial charge in [0.2, 0.25) is 0 Å². The maximum atomic E-state index is 9.55. The van der Waals surface area contributed by atoms with E-state index in [4.69, 9.17) is 10.2 Å². The highest BCUT2D eigenvalue weighted by molar-refractivity contribution is 5.91. The summed E-state index contributed by atoms with van der Waals surface area (Å²) in [6.45, 7) is 2.17. The minimum absolute atomic E-state index is 0.558. The SMILES string of the molecule is CCc1cccn1N(C)c1ccnc2ccccc12.O=C(O)/C=C\C(=O)O. The van der Waals surface area contributed by atoms with Crippen molar-refractivity contribution >= 4 is 28.5 Å². The van der Waals surface area contributed by atoms with E-state index >= 15 is 0 Å². The largest absolute Gasteiger partial charge is 0.478 e. The molecule has 0 unspecified atom stereocenters. The number of hydrogen-bond acceptors (Lipinski definition) is 4. The van der Waals surface area contributed by atoms with Crippen molar-refractivity contribution in [3.05, 3.63) is 72.7 Å². The van der Waals surface area contributed by atoms with Crippen molar-refractivity contribution in [2.45, 2.75) is 13.3 Å². The normalized spacial score (nSPS) is 10.4. The zero-order valence-electron chi connectivity index (χ0n) is 15.1. The fourth-order valence-electron chi connectivity index (χ4n) is 2.60. The van der Waals surface area contributed by atoms with Gasteiger partial charge in [0.05, 0.1) is 11.2 Å². The lowest BCUT2D eigenvalue weighted by Gasteiger charge is -2.24. The number of para-hydroxylation sites is 1. The van der Waals surface area contributed by atoms with E-state index in [-0.39, 0.29) is 0 Å². The van der Waals surface area contributed by atoms with Crippen LogP contribution in [0, 0.1) is 0 Å². The molecule has 0 aliphatic carbocycles. The van der Waals surface area contributed by atoms with Gasteiger partial charge in [0.25, 0.3) is 0 Å². The van der Waals surface area contributed by atoms with E-state index in [1.807, 2.05) is 18.3 Å². The zero-order valence-corrected chi connectivity index (χ0v) is 15.1. The smallest absolute Gasteiger partial charge is 0.328 e. The maximum Gasteiger partial charge on any atom is 0.328 e. The van der Waals surface area contributed by atoms with Gasteiger partial charge in [-0.15, -0.1) is 0 Å². The van der Waals surface area contributed by atoms with Crippen LogP contribution in [0.4, 0.5) is 5.69 Å². The second kappa shape index (κ2) is 9.19. The van der Waals surface area contributed by atoms with Crippen molar-refractivity contribution in [3.8, 4) is 0 Å². The highest BCUT2D eigenvalue weighted by Gasteiger charge is 2.09. The van der Waals surface area contributed by atoms with Crippen molar-refractivity contribution in [2.75, 3.05) is 12.1 Å². The molecule has 7 nitrogen and oxygen atoms in total. The topological polar surface area (TPSA) is 95.7 Å². The van der Waals surface area contributed by atoms with Crippen LogP contribution >= 0.6 is 0 Å². The molecule has 0 amide bonds. The Morgan fingerprint density at radius 2 is 1.74 bits per heavy atom. The van der Waals surface area contributed by atoms with Crippen LogP contribution in [0.3, 0.4) is 0 Å². The van der Waals surface area contributed by atoms with Crippen LogP contribution in [0.2, 0.25) is 0 Å². The summed E-state index contributed by atoms with van der Waals surface area (Å²) in [5, 5.41) is 19.0. The number of aliphatic carboxylic acids is 2. The Morgan fingerprint density at radius 1 is 1.07 bits per heavy atom. The average molecular weight is 367 g/mol. The molecule has 0 saturated heterocycles. The fraction of sp³-hybridized carbons (Fsp3) is 0.150. The van der Waals surface area contributed by atoms with E-state index in [0.717, 1.165) is 17.6 Å². The molecule has 0 bridgehead atoms. The van der Waals surface area contributed by atoms with E-state index in [2.05, 4.69) is 65.2 Å². The Labute approximate surface area is 156 Å². The van der Waals surface area contributed by atoms with Crippen molar-refractivity contribution in [1.29, 1.82) is 0 Å². The number of rotatable bonds is 5. The molecule has 0 fully saturated rings. The Bertz CT molecular complexity index is 941. The molecule has 0 radical (unpaired) electrons. The van der Waals surface area contributed by atoms with Crippen LogP contribution in [-0.4, -0.2) is 38.9 Å². The number of hydrogen-bond donors (Lipinski definition) is 2. The summed E-state index contributed by atoms with van der Waals surface area (Å²) in [5.41, 5.74) is 3.48. The Balaban J connectivity index is 0.000000279. The average Bonchev–Trinajstić information content (AvgIpc) is 3.14. The van der Waals surface area contributed by atoms with Crippen molar-refractivity contribution < 1.29 is 19.8 Å². The van der Waals surface area contributed by atoms with Crippen molar-refractivity contribution in [3.63, 3.8) is 0 Å². The summed E-state index contributed by atoms with van der Waals surface area (Å²) in [5.74, 6) is -2.51. The third-order valence-electron chi connectivity index (χ3n) is 3.84. The molecule has 2 aromatic heterocycles. The van der Waals surface area contributed by atoms with Crippen molar-refractivity contribution in [2.24, 2.45) is 0 Å². The molecule has 0 spiro atoms. The lowest BCUT2D eigenvalue weighted by molar-refractivity contribution is -0.134. The number of fused-ring (bicyclic) bond motifs is 1. The van der Waals surface area contributed by atoms with Gasteiger partial charge in [0.1, 0.15) is 0 Å². The lowest BCUT2D eigenvalue weighted by atomic mass is 10.2. The number of carboxylic acids is 2. The first-order valence-corrected chi connectivity index (χ1v) is 8.32. The van der Waals surface area contributed by atoms with Crippen molar-refractivity contribution in [1.82, 2.24) is 9.66 Å². The van der Waals surface area contributed by atoms with Gasteiger partial charge in [-0.3, -0.25) is 14.7 Å². The third kappa shape index (κ3) is 5.18. The number of aryl methyl sites for hydroxylation is 1. The molecule has 27 heavy (non-hydrogen) atoms. The standard InChI is InChI=1S/C16H17N3.C4H4O4/c1-3-13-7-6-12-19(13)18(2)16-10-11-17-15-9-5-4-8-14(15)16;5-3(6)1-2-4(7)8/h4-12H,3H2,1-2H3;1-2H,(H,5,6)(H,7,8)/b;2-1-. The Morgan fingerprint density at radius 3 is 2.37 bits per heavy atom. The second-order valence-corrected chi connectivity index (χ2v) is 5.58. The van der Waals surface area contributed by atoms with Gasteiger partial charge in [-0.25, -0.2) is 9.59 Å². The number of carbonyl (C=O) groups is 2. The molecule has 3 rings (SSSR count). The van der Waals surface area contributed by atoms with Crippen LogP contribution in [0.5, 0.6) is 0 Å². The summed E-state index contributed by atoms with van der Waals surface area (Å²) in [4.78, 5) is 23.5. The first-order valence-electron chi connectivity index (χ1n) is 8.32. The number of nitrogens with zero attached hydrogens (tertiary/aromatic N) is 3. The van der Waals surface area contributed by atoms with E-state index in [0.29, 0.717) is 12.2 Å². The number of anilines is 1. The molecule has 0 saturated carbocycles. The summed E-state index contributed by atoms with van der Waals surface area (Å²) < 4.78 is 2.18. The minimum Gasteiger partial charge on any atom is -0.478 e. The molecule has 0 aliphatic heterocycles. The predicted octanol–water partition coefficient (Wildman–Crippen LogP) is 3.21. The fourth-order valence-corrected chi connectivity index (χ4v) is 2.60. The van der Waals surface area contributed by atoms with Gasteiger partial charge >= 0.3 is 11.9 Å². The first-order chi connectivity index (χ1) is 12.9. The zero-order chi connectivity index (χ0) is 19.8. The highest BCUT2D eigenvalue weighted by atomic mass is 16.4. The molecular weight excluding hydrogens is 346 g/mol. The van der Waals surface area contributed by atoms with Gasteiger partial charge in [-0.1, -0.05) is 25.1 Å². The maximum absolute atomic E-state index is 9.55. The van der Waals surface area contributed by atoms with Crippen LogP contribution in [0.15, 0.2) is 67.0 Å². The van der Waals surface area contributed by atoms with Crippen LogP contribution < -0.4 is 5.01 Å².